The summed E-state index contributed by atoms with van der Waals surface area (Å²) in [6.07, 6.45) is 3.39. The average Bonchev–Trinajstić information content (AvgIpc) is 2.86. The number of hydrogen-bond donors (Lipinski definition) is 1. The Morgan fingerprint density at radius 3 is 2.90 bits per heavy atom. The lowest BCUT2D eigenvalue weighted by atomic mass is 9.98. The van der Waals surface area contributed by atoms with Crippen LogP contribution in [0.1, 0.15) is 37.1 Å². The van der Waals surface area contributed by atoms with Gasteiger partial charge in [-0.2, -0.15) is 0 Å². The van der Waals surface area contributed by atoms with Crippen molar-refractivity contribution < 1.29 is 4.74 Å². The summed E-state index contributed by atoms with van der Waals surface area (Å²) >= 11 is 7.73. The van der Waals surface area contributed by atoms with Gasteiger partial charge in [-0.05, 0) is 44.4 Å². The fourth-order valence-electron chi connectivity index (χ4n) is 2.94. The SMILES string of the molecule is CCC(N)C(c1ccc(Cl)s1)N(C)CC1CCCOC1. The monoisotopic (exact) mass is 316 g/mol. The van der Waals surface area contributed by atoms with Gasteiger partial charge in [0.05, 0.1) is 17.0 Å². The van der Waals surface area contributed by atoms with Crippen LogP contribution in [0, 0.1) is 5.92 Å². The fraction of sp³-hybridized carbons (Fsp3) is 0.733. The van der Waals surface area contributed by atoms with Crippen LogP contribution in [-0.4, -0.2) is 37.7 Å². The Labute approximate surface area is 131 Å². The van der Waals surface area contributed by atoms with Crippen LogP contribution in [0.15, 0.2) is 12.1 Å². The minimum Gasteiger partial charge on any atom is -0.381 e. The van der Waals surface area contributed by atoms with Gasteiger partial charge in [-0.1, -0.05) is 18.5 Å². The molecule has 0 bridgehead atoms. The highest BCUT2D eigenvalue weighted by Gasteiger charge is 2.27. The van der Waals surface area contributed by atoms with Gasteiger partial charge >= 0.3 is 0 Å². The fourth-order valence-corrected chi connectivity index (χ4v) is 4.24. The number of hydrogen-bond acceptors (Lipinski definition) is 4. The van der Waals surface area contributed by atoms with E-state index in [4.69, 9.17) is 22.1 Å². The van der Waals surface area contributed by atoms with Gasteiger partial charge in [-0.25, -0.2) is 0 Å². The molecule has 2 N–H and O–H groups in total. The predicted molar refractivity (Wildman–Crippen MR) is 86.5 cm³/mol. The van der Waals surface area contributed by atoms with Crippen molar-refractivity contribution in [3.63, 3.8) is 0 Å². The first-order valence-corrected chi connectivity index (χ1v) is 8.60. The van der Waals surface area contributed by atoms with Crippen LogP contribution in [-0.2, 0) is 4.74 Å². The first kappa shape index (κ1) is 16.2. The molecule has 1 saturated heterocycles. The average molecular weight is 317 g/mol. The Kier molecular flexibility index (Phi) is 6.30. The highest BCUT2D eigenvalue weighted by Crippen LogP contribution is 2.33. The predicted octanol–water partition coefficient (Wildman–Crippen LogP) is 3.54. The second-order valence-electron chi connectivity index (χ2n) is 5.68. The molecule has 3 unspecified atom stereocenters. The van der Waals surface area contributed by atoms with Crippen molar-refractivity contribution in [2.75, 3.05) is 26.8 Å². The van der Waals surface area contributed by atoms with Crippen molar-refractivity contribution in [2.24, 2.45) is 11.7 Å². The van der Waals surface area contributed by atoms with Gasteiger partial charge in [0.1, 0.15) is 0 Å². The molecule has 5 heteroatoms. The first-order valence-electron chi connectivity index (χ1n) is 7.40. The van der Waals surface area contributed by atoms with E-state index in [2.05, 4.69) is 24.9 Å². The van der Waals surface area contributed by atoms with Crippen molar-refractivity contribution in [3.05, 3.63) is 21.3 Å². The molecule has 114 valence electrons. The largest absolute Gasteiger partial charge is 0.381 e. The lowest BCUT2D eigenvalue weighted by Gasteiger charge is -2.35. The van der Waals surface area contributed by atoms with Gasteiger partial charge in [0.15, 0.2) is 0 Å². The summed E-state index contributed by atoms with van der Waals surface area (Å²) < 4.78 is 6.42. The standard InChI is InChI=1S/C15H25ClN2OS/c1-3-12(17)15(13-6-7-14(16)20-13)18(2)9-11-5-4-8-19-10-11/h6-7,11-12,15H,3-5,8-10,17H2,1-2H3. The number of nitrogens with two attached hydrogens (primary N) is 1. The van der Waals surface area contributed by atoms with Crippen LogP contribution in [0.2, 0.25) is 4.34 Å². The summed E-state index contributed by atoms with van der Waals surface area (Å²) in [5.74, 6) is 0.621. The highest BCUT2D eigenvalue weighted by atomic mass is 35.5. The van der Waals surface area contributed by atoms with Crippen molar-refractivity contribution in [2.45, 2.75) is 38.3 Å². The van der Waals surface area contributed by atoms with Crippen molar-refractivity contribution in [3.8, 4) is 0 Å². The van der Waals surface area contributed by atoms with E-state index in [1.807, 2.05) is 6.07 Å². The number of halogens is 1. The third-order valence-corrected chi connectivity index (χ3v) is 5.34. The third kappa shape index (κ3) is 4.18. The summed E-state index contributed by atoms with van der Waals surface area (Å²) in [5, 5.41) is 0. The molecule has 2 heterocycles. The van der Waals surface area contributed by atoms with Gasteiger partial charge in [0, 0.05) is 24.1 Å². The van der Waals surface area contributed by atoms with E-state index in [-0.39, 0.29) is 12.1 Å². The molecule has 0 spiro atoms. The molecule has 0 aliphatic carbocycles. The van der Waals surface area contributed by atoms with Crippen molar-refractivity contribution in [1.29, 1.82) is 0 Å². The van der Waals surface area contributed by atoms with E-state index in [1.165, 1.54) is 17.7 Å². The van der Waals surface area contributed by atoms with Gasteiger partial charge in [0.2, 0.25) is 0 Å². The molecule has 0 saturated carbocycles. The van der Waals surface area contributed by atoms with Crippen LogP contribution >= 0.6 is 22.9 Å². The molecule has 1 aliphatic heterocycles. The van der Waals surface area contributed by atoms with Gasteiger partial charge in [-0.3, -0.25) is 4.90 Å². The quantitative estimate of drug-likeness (QED) is 0.872. The van der Waals surface area contributed by atoms with Crippen LogP contribution in [0.5, 0.6) is 0 Å². The lowest BCUT2D eigenvalue weighted by Crippen LogP contribution is -2.41. The highest BCUT2D eigenvalue weighted by molar-refractivity contribution is 7.16. The van der Waals surface area contributed by atoms with Gasteiger partial charge in [-0.15, -0.1) is 11.3 Å². The third-order valence-electron chi connectivity index (χ3n) is 4.04. The topological polar surface area (TPSA) is 38.5 Å². The maximum atomic E-state index is 6.36. The molecular weight excluding hydrogens is 292 g/mol. The second-order valence-corrected chi connectivity index (χ2v) is 7.43. The lowest BCUT2D eigenvalue weighted by molar-refractivity contribution is 0.0341. The normalized spacial score (nSPS) is 22.9. The molecule has 2 rings (SSSR count). The van der Waals surface area contributed by atoms with E-state index < -0.39 is 0 Å². The van der Waals surface area contributed by atoms with E-state index in [0.717, 1.165) is 30.5 Å². The number of nitrogens with zero attached hydrogens (tertiary/aromatic N) is 1. The van der Waals surface area contributed by atoms with Gasteiger partial charge in [0.25, 0.3) is 0 Å². The Hall–Kier alpha value is -0.130. The number of rotatable bonds is 6. The first-order chi connectivity index (χ1) is 9.61. The zero-order valence-corrected chi connectivity index (χ0v) is 13.9. The Morgan fingerprint density at radius 1 is 1.55 bits per heavy atom. The minimum absolute atomic E-state index is 0.138. The molecule has 1 aromatic heterocycles. The molecule has 3 nitrogen and oxygen atoms in total. The minimum atomic E-state index is 0.138. The molecule has 20 heavy (non-hydrogen) atoms. The van der Waals surface area contributed by atoms with Crippen molar-refractivity contribution in [1.82, 2.24) is 4.90 Å². The van der Waals surface area contributed by atoms with E-state index in [0.29, 0.717) is 5.92 Å². The smallest absolute Gasteiger partial charge is 0.0931 e. The zero-order valence-electron chi connectivity index (χ0n) is 12.3. The van der Waals surface area contributed by atoms with E-state index >= 15 is 0 Å². The van der Waals surface area contributed by atoms with E-state index in [1.54, 1.807) is 11.3 Å². The summed E-state index contributed by atoms with van der Waals surface area (Å²) in [4.78, 5) is 3.65. The Morgan fingerprint density at radius 2 is 2.35 bits per heavy atom. The number of thiophene rings is 1. The van der Waals surface area contributed by atoms with Gasteiger partial charge < -0.3 is 10.5 Å². The number of likely N-dealkylation sites (N-methyl/N-ethyl adjacent to an activating group) is 1. The molecule has 0 amide bonds. The molecule has 0 aromatic carbocycles. The maximum absolute atomic E-state index is 6.36. The van der Waals surface area contributed by atoms with Crippen LogP contribution in [0.4, 0.5) is 0 Å². The summed E-state index contributed by atoms with van der Waals surface area (Å²) in [7, 11) is 2.17. The molecule has 1 fully saturated rings. The molecular formula is C15H25ClN2OS. The van der Waals surface area contributed by atoms with Crippen LogP contribution in [0.3, 0.4) is 0 Å². The molecule has 0 radical (unpaired) electrons. The van der Waals surface area contributed by atoms with E-state index in [9.17, 15) is 0 Å². The molecule has 3 atom stereocenters. The maximum Gasteiger partial charge on any atom is 0.0931 e. The summed E-state index contributed by atoms with van der Waals surface area (Å²) in [6.45, 7) is 4.97. The van der Waals surface area contributed by atoms with Crippen LogP contribution < -0.4 is 5.73 Å². The Balaban J connectivity index is 2.05. The zero-order chi connectivity index (χ0) is 14.5. The summed E-state index contributed by atoms with van der Waals surface area (Å²) in [5.41, 5.74) is 6.36. The Bertz CT molecular complexity index is 406. The molecule has 1 aliphatic rings. The summed E-state index contributed by atoms with van der Waals surface area (Å²) in [6, 6.07) is 4.47. The van der Waals surface area contributed by atoms with Crippen molar-refractivity contribution >= 4 is 22.9 Å². The van der Waals surface area contributed by atoms with Crippen LogP contribution in [0.25, 0.3) is 0 Å². The molecule has 1 aromatic rings. The second kappa shape index (κ2) is 7.76. The number of ether oxygens (including phenoxy) is 1.